The summed E-state index contributed by atoms with van der Waals surface area (Å²) < 4.78 is 10.7. The lowest BCUT2D eigenvalue weighted by molar-refractivity contribution is -0.384. The summed E-state index contributed by atoms with van der Waals surface area (Å²) in [5.74, 6) is 5.42. The summed E-state index contributed by atoms with van der Waals surface area (Å²) in [4.78, 5) is 22.6. The van der Waals surface area contributed by atoms with Crippen LogP contribution in [0.5, 0.6) is 11.5 Å². The average molecular weight is 391 g/mol. The lowest BCUT2D eigenvalue weighted by atomic mass is 10.0. The minimum Gasteiger partial charge on any atom is -0.493 e. The largest absolute Gasteiger partial charge is 0.493 e. The second-order valence-electron chi connectivity index (χ2n) is 5.90. The molecule has 2 N–H and O–H groups in total. The van der Waals surface area contributed by atoms with Crippen molar-refractivity contribution in [3.63, 3.8) is 0 Å². The monoisotopic (exact) mass is 391 g/mol. The van der Waals surface area contributed by atoms with Crippen molar-refractivity contribution in [1.29, 1.82) is 0 Å². The van der Waals surface area contributed by atoms with E-state index in [2.05, 4.69) is 5.10 Å². The molecule has 0 aromatic heterocycles. The average Bonchev–Trinajstić information content (AvgIpc) is 2.76. The summed E-state index contributed by atoms with van der Waals surface area (Å²) in [5.41, 5.74) is 2.13. The number of carbonyl (C=O) groups excluding carboxylic acids is 1. The van der Waals surface area contributed by atoms with Crippen LogP contribution in [-0.2, 0) is 0 Å². The van der Waals surface area contributed by atoms with Gasteiger partial charge < -0.3 is 15.3 Å². The molecule has 0 aliphatic carbocycles. The van der Waals surface area contributed by atoms with Crippen molar-refractivity contribution in [2.45, 2.75) is 0 Å². The molecule has 29 heavy (non-hydrogen) atoms. The van der Waals surface area contributed by atoms with Crippen molar-refractivity contribution in [1.82, 2.24) is 0 Å². The smallest absolute Gasteiger partial charge is 0.343 e. The Balaban J connectivity index is 1.85. The Labute approximate surface area is 166 Å². The van der Waals surface area contributed by atoms with E-state index in [1.807, 2.05) is 30.3 Å². The van der Waals surface area contributed by atoms with Gasteiger partial charge in [-0.3, -0.25) is 10.1 Å². The number of hydrogen-bond donors (Lipinski definition) is 1. The highest BCUT2D eigenvalue weighted by atomic mass is 16.6. The van der Waals surface area contributed by atoms with Crippen LogP contribution in [0.3, 0.4) is 0 Å². The van der Waals surface area contributed by atoms with Gasteiger partial charge in [0.2, 0.25) is 0 Å². The van der Waals surface area contributed by atoms with E-state index in [4.69, 9.17) is 15.3 Å². The zero-order valence-electron chi connectivity index (χ0n) is 15.4. The van der Waals surface area contributed by atoms with Gasteiger partial charge in [-0.25, -0.2) is 4.79 Å². The summed E-state index contributed by atoms with van der Waals surface area (Å²) in [5, 5.41) is 14.6. The van der Waals surface area contributed by atoms with Gasteiger partial charge >= 0.3 is 5.97 Å². The quantitative estimate of drug-likeness (QED) is 0.172. The molecule has 3 aromatic rings. The van der Waals surface area contributed by atoms with Gasteiger partial charge in [-0.05, 0) is 30.3 Å². The van der Waals surface area contributed by atoms with Gasteiger partial charge in [-0.1, -0.05) is 30.3 Å². The molecule has 0 unspecified atom stereocenters. The van der Waals surface area contributed by atoms with Crippen LogP contribution in [-0.4, -0.2) is 23.7 Å². The molecule has 0 aliphatic heterocycles. The molecule has 0 saturated heterocycles. The first-order valence-corrected chi connectivity index (χ1v) is 8.52. The third kappa shape index (κ3) is 4.38. The number of nitrogens with two attached hydrogens (primary N) is 1. The number of methoxy groups -OCH3 is 1. The number of hydrogen-bond acceptors (Lipinski definition) is 7. The molecule has 0 amide bonds. The first-order chi connectivity index (χ1) is 14.0. The zero-order valence-corrected chi connectivity index (χ0v) is 15.4. The van der Waals surface area contributed by atoms with Crippen molar-refractivity contribution < 1.29 is 19.2 Å². The van der Waals surface area contributed by atoms with E-state index in [-0.39, 0.29) is 17.0 Å². The summed E-state index contributed by atoms with van der Waals surface area (Å²) in [6, 6.07) is 19.5. The molecule has 0 atom stereocenters. The van der Waals surface area contributed by atoms with Crippen molar-refractivity contribution in [2.24, 2.45) is 10.9 Å². The topological polar surface area (TPSA) is 117 Å². The predicted molar refractivity (Wildman–Crippen MR) is 107 cm³/mol. The van der Waals surface area contributed by atoms with Crippen molar-refractivity contribution >= 4 is 17.4 Å². The fourth-order valence-corrected chi connectivity index (χ4v) is 2.69. The van der Waals surface area contributed by atoms with Crippen LogP contribution in [0.2, 0.25) is 0 Å². The predicted octanol–water partition coefficient (Wildman–Crippen LogP) is 3.53. The molecule has 0 bridgehead atoms. The number of non-ortho nitro benzene ring substituents is 1. The maximum absolute atomic E-state index is 12.4. The van der Waals surface area contributed by atoms with Gasteiger partial charge in [0.15, 0.2) is 11.5 Å². The second-order valence-corrected chi connectivity index (χ2v) is 5.90. The number of benzene rings is 3. The van der Waals surface area contributed by atoms with E-state index >= 15 is 0 Å². The fourth-order valence-electron chi connectivity index (χ4n) is 2.69. The Bertz CT molecular complexity index is 1060. The molecule has 0 aliphatic rings. The normalized spacial score (nSPS) is 11.0. The molecule has 0 heterocycles. The van der Waals surface area contributed by atoms with Gasteiger partial charge in [-0.15, -0.1) is 0 Å². The van der Waals surface area contributed by atoms with Crippen LogP contribution >= 0.6 is 0 Å². The second kappa shape index (κ2) is 8.66. The van der Waals surface area contributed by atoms with Gasteiger partial charge in [-0.2, -0.15) is 5.10 Å². The number of ether oxygens (including phenoxy) is 2. The Morgan fingerprint density at radius 2 is 1.59 bits per heavy atom. The summed E-state index contributed by atoms with van der Waals surface area (Å²) in [7, 11) is 1.45. The highest BCUT2D eigenvalue weighted by Crippen LogP contribution is 2.30. The first-order valence-electron chi connectivity index (χ1n) is 8.52. The summed E-state index contributed by atoms with van der Waals surface area (Å²) in [6.45, 7) is 0. The molecule has 146 valence electrons. The highest BCUT2D eigenvalue weighted by Gasteiger charge is 2.16. The molecule has 8 nitrogen and oxygen atoms in total. The summed E-state index contributed by atoms with van der Waals surface area (Å²) >= 11 is 0. The van der Waals surface area contributed by atoms with Crippen LogP contribution in [0.4, 0.5) is 5.69 Å². The van der Waals surface area contributed by atoms with E-state index in [1.54, 1.807) is 18.2 Å². The van der Waals surface area contributed by atoms with Crippen LogP contribution in [0.25, 0.3) is 0 Å². The summed E-state index contributed by atoms with van der Waals surface area (Å²) in [6.07, 6.45) is 0. The van der Waals surface area contributed by atoms with Crippen LogP contribution in [0.15, 0.2) is 77.9 Å². The molecular formula is C21H17N3O5. The maximum Gasteiger partial charge on any atom is 0.343 e. The number of nitro groups is 1. The number of carbonyl (C=O) groups is 1. The van der Waals surface area contributed by atoms with Crippen molar-refractivity contribution in [3.8, 4) is 11.5 Å². The highest BCUT2D eigenvalue weighted by molar-refractivity contribution is 6.13. The van der Waals surface area contributed by atoms with Gasteiger partial charge in [0.1, 0.15) is 0 Å². The van der Waals surface area contributed by atoms with E-state index in [1.165, 1.54) is 31.4 Å². The number of hydrazone groups is 1. The van der Waals surface area contributed by atoms with E-state index in [0.29, 0.717) is 17.0 Å². The third-order valence-corrected chi connectivity index (χ3v) is 4.13. The first kappa shape index (κ1) is 19.6. The number of esters is 1. The van der Waals surface area contributed by atoms with Gasteiger partial charge in [0.05, 0.1) is 23.3 Å². The van der Waals surface area contributed by atoms with Crippen molar-refractivity contribution in [3.05, 3.63) is 99.6 Å². The number of rotatable bonds is 6. The SMILES string of the molecule is COc1cc(/C(=N\N)c2ccccc2)ccc1OC(=O)c1ccc([N+](=O)[O-])cc1. The fraction of sp³-hybridized carbons (Fsp3) is 0.0476. The Hall–Kier alpha value is -4.20. The minimum atomic E-state index is -0.665. The van der Waals surface area contributed by atoms with Crippen LogP contribution in [0, 0.1) is 10.1 Å². The molecule has 0 saturated carbocycles. The molecule has 0 spiro atoms. The van der Waals surface area contributed by atoms with E-state index < -0.39 is 10.9 Å². The zero-order chi connectivity index (χ0) is 20.8. The lowest BCUT2D eigenvalue weighted by Crippen LogP contribution is -2.11. The molecular weight excluding hydrogens is 374 g/mol. The van der Waals surface area contributed by atoms with Crippen LogP contribution in [0.1, 0.15) is 21.5 Å². The minimum absolute atomic E-state index is 0.113. The van der Waals surface area contributed by atoms with Gasteiger partial charge in [0, 0.05) is 23.3 Å². The standard InChI is InChI=1S/C21H17N3O5/c1-28-19-13-16(20(23-22)14-5-3-2-4-6-14)9-12-18(19)29-21(25)15-7-10-17(11-8-15)24(26)27/h2-13H,22H2,1H3/b23-20-. The number of nitrogens with zero attached hydrogens (tertiary/aromatic N) is 2. The maximum atomic E-state index is 12.4. The van der Waals surface area contributed by atoms with Crippen molar-refractivity contribution in [2.75, 3.05) is 7.11 Å². The lowest BCUT2D eigenvalue weighted by Gasteiger charge is -2.12. The Morgan fingerprint density at radius 1 is 0.931 bits per heavy atom. The Kier molecular flexibility index (Phi) is 5.84. The molecule has 3 rings (SSSR count). The molecule has 0 radical (unpaired) electrons. The van der Waals surface area contributed by atoms with Gasteiger partial charge in [0.25, 0.3) is 5.69 Å². The third-order valence-electron chi connectivity index (χ3n) is 4.13. The van der Waals surface area contributed by atoms with E-state index in [0.717, 1.165) is 5.56 Å². The molecule has 8 heteroatoms. The number of nitro benzene ring substituents is 1. The Morgan fingerprint density at radius 3 is 2.17 bits per heavy atom. The van der Waals surface area contributed by atoms with Crippen LogP contribution < -0.4 is 15.3 Å². The van der Waals surface area contributed by atoms with E-state index in [9.17, 15) is 14.9 Å². The molecule has 3 aromatic carbocycles. The molecule has 0 fully saturated rings.